The fourth-order valence-corrected chi connectivity index (χ4v) is 2.56. The molecule has 4 rings (SSSR count). The van der Waals surface area contributed by atoms with Gasteiger partial charge in [0.25, 0.3) is 0 Å². The molecule has 1 aromatic carbocycles. The fraction of sp³-hybridized carbons (Fsp3) is 0.133. The molecule has 0 aliphatic heterocycles. The van der Waals surface area contributed by atoms with E-state index >= 15 is 0 Å². The molecule has 3 aromatic rings. The molecule has 18 heavy (non-hydrogen) atoms. The topological polar surface area (TPSA) is 33.1 Å². The highest BCUT2D eigenvalue weighted by molar-refractivity contribution is 5.79. The Bertz CT molecular complexity index is 773. The molecule has 2 heterocycles. The molecular formula is C15H13N3. The van der Waals surface area contributed by atoms with E-state index in [9.17, 15) is 0 Å². The highest BCUT2D eigenvalue weighted by Gasteiger charge is 2.13. The van der Waals surface area contributed by atoms with Crippen LogP contribution in [0.15, 0.2) is 54.8 Å². The Labute approximate surface area is 104 Å². The van der Waals surface area contributed by atoms with E-state index in [1.54, 1.807) is 0 Å². The third kappa shape index (κ3) is 1.34. The maximum Gasteiger partial charge on any atom is 0.212 e. The molecule has 0 saturated carbocycles. The quantitative estimate of drug-likeness (QED) is 0.688. The van der Waals surface area contributed by atoms with Crippen molar-refractivity contribution in [2.24, 2.45) is 0 Å². The standard InChI is InChI=1S/C15H13N3/c1-2-6-11(7-3-1)13-10-18-14-9-5-4-8-12(14)16-15(18)17-13/h1-6,8-11H,7H2,(H,16,17). The summed E-state index contributed by atoms with van der Waals surface area (Å²) in [6.45, 7) is 0. The van der Waals surface area contributed by atoms with Crippen LogP contribution >= 0.6 is 0 Å². The molecule has 0 spiro atoms. The minimum absolute atomic E-state index is 0.440. The number of aromatic nitrogens is 3. The van der Waals surface area contributed by atoms with Gasteiger partial charge in [-0.2, -0.15) is 0 Å². The van der Waals surface area contributed by atoms with E-state index in [-0.39, 0.29) is 0 Å². The summed E-state index contributed by atoms with van der Waals surface area (Å²) in [6, 6.07) is 8.21. The number of nitrogens with one attached hydrogen (secondary N) is 1. The Kier molecular flexibility index (Phi) is 1.94. The maximum atomic E-state index is 4.60. The van der Waals surface area contributed by atoms with Gasteiger partial charge in [-0.3, -0.25) is 4.40 Å². The van der Waals surface area contributed by atoms with E-state index in [1.165, 1.54) is 5.69 Å². The number of nitrogens with zero attached hydrogens (tertiary/aromatic N) is 2. The van der Waals surface area contributed by atoms with Gasteiger partial charge in [0, 0.05) is 17.8 Å². The number of para-hydroxylation sites is 2. The van der Waals surface area contributed by atoms with Gasteiger partial charge >= 0.3 is 0 Å². The largest absolute Gasteiger partial charge is 0.327 e. The molecule has 0 saturated heterocycles. The lowest BCUT2D eigenvalue weighted by molar-refractivity contribution is 0.825. The molecule has 1 unspecified atom stereocenters. The van der Waals surface area contributed by atoms with Crippen molar-refractivity contribution in [3.63, 3.8) is 0 Å². The predicted octanol–water partition coefficient (Wildman–Crippen LogP) is 3.42. The van der Waals surface area contributed by atoms with Crippen LogP contribution in [0.4, 0.5) is 0 Å². The zero-order valence-electron chi connectivity index (χ0n) is 9.88. The second kappa shape index (κ2) is 3.60. The molecule has 3 nitrogen and oxygen atoms in total. The lowest BCUT2D eigenvalue weighted by atomic mass is 9.98. The molecular weight excluding hydrogens is 222 g/mol. The summed E-state index contributed by atoms with van der Waals surface area (Å²) in [5, 5.41) is 0. The average Bonchev–Trinajstić information content (AvgIpc) is 2.97. The van der Waals surface area contributed by atoms with Gasteiger partial charge in [-0.1, -0.05) is 36.4 Å². The molecule has 3 heteroatoms. The molecule has 0 bridgehead atoms. The van der Waals surface area contributed by atoms with E-state index in [0.717, 1.165) is 23.2 Å². The molecule has 88 valence electrons. The SMILES string of the molecule is C1=CCC(c2cn3c(nc4ccccc43)[nH]2)C=C1. The van der Waals surface area contributed by atoms with Crippen LogP contribution in [0, 0.1) is 0 Å². The monoisotopic (exact) mass is 235 g/mol. The summed E-state index contributed by atoms with van der Waals surface area (Å²) >= 11 is 0. The molecule has 0 radical (unpaired) electrons. The smallest absolute Gasteiger partial charge is 0.212 e. The molecule has 1 aliphatic carbocycles. The first-order valence-electron chi connectivity index (χ1n) is 6.21. The number of fused-ring (bicyclic) bond motifs is 3. The zero-order valence-corrected chi connectivity index (χ0v) is 9.88. The number of aromatic amines is 1. The normalized spacial score (nSPS) is 19.0. The summed E-state index contributed by atoms with van der Waals surface area (Å²) < 4.78 is 2.14. The summed E-state index contributed by atoms with van der Waals surface area (Å²) in [4.78, 5) is 8.02. The van der Waals surface area contributed by atoms with E-state index in [1.807, 2.05) is 18.2 Å². The molecule has 0 amide bonds. The van der Waals surface area contributed by atoms with Crippen LogP contribution in [0.2, 0.25) is 0 Å². The van der Waals surface area contributed by atoms with Crippen molar-refractivity contribution in [1.29, 1.82) is 0 Å². The van der Waals surface area contributed by atoms with Gasteiger partial charge in [-0.25, -0.2) is 4.98 Å². The highest BCUT2D eigenvalue weighted by atomic mass is 15.1. The van der Waals surface area contributed by atoms with Crippen LogP contribution in [-0.4, -0.2) is 14.4 Å². The van der Waals surface area contributed by atoms with Crippen molar-refractivity contribution in [3.8, 4) is 0 Å². The van der Waals surface area contributed by atoms with Gasteiger partial charge in [0.05, 0.1) is 11.0 Å². The van der Waals surface area contributed by atoms with Gasteiger partial charge in [0.2, 0.25) is 5.78 Å². The Morgan fingerprint density at radius 1 is 1.22 bits per heavy atom. The molecule has 1 atom stereocenters. The van der Waals surface area contributed by atoms with Crippen molar-refractivity contribution < 1.29 is 0 Å². The van der Waals surface area contributed by atoms with Gasteiger partial charge in [0.1, 0.15) is 0 Å². The van der Waals surface area contributed by atoms with E-state index in [2.05, 4.69) is 50.9 Å². The van der Waals surface area contributed by atoms with Crippen LogP contribution in [0.3, 0.4) is 0 Å². The highest BCUT2D eigenvalue weighted by Crippen LogP contribution is 2.25. The third-order valence-electron chi connectivity index (χ3n) is 3.50. The van der Waals surface area contributed by atoms with Crippen molar-refractivity contribution in [3.05, 3.63) is 60.5 Å². The van der Waals surface area contributed by atoms with Gasteiger partial charge < -0.3 is 4.98 Å². The van der Waals surface area contributed by atoms with Crippen molar-refractivity contribution in [2.75, 3.05) is 0 Å². The van der Waals surface area contributed by atoms with Crippen molar-refractivity contribution in [1.82, 2.24) is 14.4 Å². The lowest BCUT2D eigenvalue weighted by Crippen LogP contribution is -1.96. The molecule has 1 N–H and O–H groups in total. The molecule has 0 fully saturated rings. The number of imidazole rings is 2. The van der Waals surface area contributed by atoms with Gasteiger partial charge in [-0.05, 0) is 18.6 Å². The average molecular weight is 235 g/mol. The van der Waals surface area contributed by atoms with Crippen LogP contribution in [0.1, 0.15) is 18.0 Å². The van der Waals surface area contributed by atoms with Crippen molar-refractivity contribution in [2.45, 2.75) is 12.3 Å². The first kappa shape index (κ1) is 9.71. The number of hydrogen-bond acceptors (Lipinski definition) is 1. The summed E-state index contributed by atoms with van der Waals surface area (Å²) in [5.41, 5.74) is 3.42. The second-order valence-electron chi connectivity index (χ2n) is 4.66. The Morgan fingerprint density at radius 2 is 2.17 bits per heavy atom. The maximum absolute atomic E-state index is 4.60. The third-order valence-corrected chi connectivity index (χ3v) is 3.50. The minimum Gasteiger partial charge on any atom is -0.327 e. The van der Waals surface area contributed by atoms with Crippen LogP contribution < -0.4 is 0 Å². The number of benzene rings is 1. The number of allylic oxidation sites excluding steroid dienone is 4. The van der Waals surface area contributed by atoms with Crippen LogP contribution in [-0.2, 0) is 0 Å². The number of H-pyrrole nitrogens is 1. The Balaban J connectivity index is 1.89. The predicted molar refractivity (Wildman–Crippen MR) is 72.7 cm³/mol. The number of rotatable bonds is 1. The first-order valence-corrected chi connectivity index (χ1v) is 6.21. The zero-order chi connectivity index (χ0) is 11.9. The van der Waals surface area contributed by atoms with Gasteiger partial charge in [0.15, 0.2) is 0 Å². The Hall–Kier alpha value is -2.29. The van der Waals surface area contributed by atoms with E-state index in [4.69, 9.17) is 0 Å². The minimum atomic E-state index is 0.440. The van der Waals surface area contributed by atoms with Crippen LogP contribution in [0.5, 0.6) is 0 Å². The van der Waals surface area contributed by atoms with Crippen molar-refractivity contribution >= 4 is 16.8 Å². The summed E-state index contributed by atoms with van der Waals surface area (Å²) in [6.07, 6.45) is 11.9. The van der Waals surface area contributed by atoms with E-state index in [0.29, 0.717) is 5.92 Å². The first-order chi connectivity index (χ1) is 8.92. The summed E-state index contributed by atoms with van der Waals surface area (Å²) in [5.74, 6) is 1.37. The van der Waals surface area contributed by atoms with Gasteiger partial charge in [-0.15, -0.1) is 0 Å². The lowest BCUT2D eigenvalue weighted by Gasteiger charge is -2.09. The van der Waals surface area contributed by atoms with Crippen LogP contribution in [0.25, 0.3) is 16.8 Å². The fourth-order valence-electron chi connectivity index (χ4n) is 2.56. The Morgan fingerprint density at radius 3 is 3.06 bits per heavy atom. The van der Waals surface area contributed by atoms with E-state index < -0.39 is 0 Å². The molecule has 1 aliphatic rings. The number of hydrogen-bond donors (Lipinski definition) is 1. The molecule has 2 aromatic heterocycles. The summed E-state index contributed by atoms with van der Waals surface area (Å²) in [7, 11) is 0. The second-order valence-corrected chi connectivity index (χ2v) is 4.66.